The van der Waals surface area contributed by atoms with Crippen LogP contribution in [0.1, 0.15) is 25.5 Å². The molecule has 2 nitrogen and oxygen atoms in total. The highest BCUT2D eigenvalue weighted by Gasteiger charge is 2.28. The number of halogens is 1. The minimum atomic E-state index is -0.552. The Morgan fingerprint density at radius 1 is 1.43 bits per heavy atom. The number of hydrogen-bond donors (Lipinski definition) is 1. The fourth-order valence-electron chi connectivity index (χ4n) is 1.19. The van der Waals surface area contributed by atoms with Gasteiger partial charge in [-0.15, -0.1) is 0 Å². The molecule has 0 aliphatic carbocycles. The van der Waals surface area contributed by atoms with Crippen molar-refractivity contribution in [3.63, 3.8) is 0 Å². The van der Waals surface area contributed by atoms with Gasteiger partial charge in [0.25, 0.3) is 0 Å². The minimum absolute atomic E-state index is 0.275. The van der Waals surface area contributed by atoms with Crippen molar-refractivity contribution in [2.45, 2.75) is 19.9 Å². The second kappa shape index (κ2) is 4.12. The Balaban J connectivity index is 3.08. The molecule has 0 aromatic heterocycles. The van der Waals surface area contributed by atoms with E-state index in [0.29, 0.717) is 0 Å². The van der Waals surface area contributed by atoms with E-state index in [9.17, 15) is 0 Å². The predicted octanol–water partition coefficient (Wildman–Crippen LogP) is 3.00. The van der Waals surface area contributed by atoms with Crippen molar-refractivity contribution in [1.82, 2.24) is 0 Å². The van der Waals surface area contributed by atoms with E-state index < -0.39 is 5.41 Å². The predicted molar refractivity (Wildman–Crippen MR) is 60.5 cm³/mol. The minimum Gasteiger partial charge on any atom is -0.323 e. The standard InChI is InChI=1S/C11H13BrN2/c1-11(2,7-13)10(14)8-5-3-4-6-9(8)12/h3-6,10H,14H2,1-2H3. The molecule has 0 spiro atoms. The third kappa shape index (κ3) is 2.14. The summed E-state index contributed by atoms with van der Waals surface area (Å²) in [6.07, 6.45) is 0. The molecule has 74 valence electrons. The van der Waals surface area contributed by atoms with Crippen LogP contribution < -0.4 is 5.73 Å². The normalized spacial score (nSPS) is 13.4. The van der Waals surface area contributed by atoms with Crippen molar-refractivity contribution in [2.75, 3.05) is 0 Å². The van der Waals surface area contributed by atoms with Crippen LogP contribution in [-0.2, 0) is 0 Å². The Kier molecular flexibility index (Phi) is 3.30. The van der Waals surface area contributed by atoms with Gasteiger partial charge in [-0.05, 0) is 25.5 Å². The zero-order valence-electron chi connectivity index (χ0n) is 8.29. The zero-order valence-corrected chi connectivity index (χ0v) is 9.88. The van der Waals surface area contributed by atoms with Crippen LogP contribution >= 0.6 is 15.9 Å². The van der Waals surface area contributed by atoms with Crippen molar-refractivity contribution in [3.05, 3.63) is 34.3 Å². The summed E-state index contributed by atoms with van der Waals surface area (Å²) in [4.78, 5) is 0. The first-order chi connectivity index (χ1) is 6.49. The van der Waals surface area contributed by atoms with Gasteiger partial charge in [0.2, 0.25) is 0 Å². The van der Waals surface area contributed by atoms with E-state index in [2.05, 4.69) is 22.0 Å². The number of nitrogens with zero attached hydrogens (tertiary/aromatic N) is 1. The Morgan fingerprint density at radius 2 is 2.00 bits per heavy atom. The Labute approximate surface area is 92.9 Å². The molecule has 1 rings (SSSR count). The summed E-state index contributed by atoms with van der Waals surface area (Å²) in [5, 5.41) is 8.97. The molecule has 0 saturated carbocycles. The number of hydrogen-bond acceptors (Lipinski definition) is 2. The molecule has 0 fully saturated rings. The van der Waals surface area contributed by atoms with E-state index in [1.165, 1.54) is 0 Å². The van der Waals surface area contributed by atoms with Gasteiger partial charge in [0, 0.05) is 10.5 Å². The highest BCUT2D eigenvalue weighted by Crippen LogP contribution is 2.33. The van der Waals surface area contributed by atoms with Crippen LogP contribution in [0.4, 0.5) is 0 Å². The maximum atomic E-state index is 8.97. The molecular weight excluding hydrogens is 240 g/mol. The molecule has 1 aromatic rings. The molecule has 0 radical (unpaired) electrons. The van der Waals surface area contributed by atoms with Crippen LogP contribution in [0.5, 0.6) is 0 Å². The average Bonchev–Trinajstić information content (AvgIpc) is 2.17. The molecule has 0 amide bonds. The van der Waals surface area contributed by atoms with Gasteiger partial charge in [-0.2, -0.15) is 5.26 Å². The maximum Gasteiger partial charge on any atom is 0.0710 e. The zero-order chi connectivity index (χ0) is 10.8. The lowest BCUT2D eigenvalue weighted by molar-refractivity contribution is 0.392. The monoisotopic (exact) mass is 252 g/mol. The van der Waals surface area contributed by atoms with Gasteiger partial charge in [0.05, 0.1) is 11.5 Å². The average molecular weight is 253 g/mol. The van der Waals surface area contributed by atoms with E-state index in [1.807, 2.05) is 38.1 Å². The van der Waals surface area contributed by atoms with E-state index in [4.69, 9.17) is 11.0 Å². The first-order valence-corrected chi connectivity index (χ1v) is 5.19. The maximum absolute atomic E-state index is 8.97. The van der Waals surface area contributed by atoms with Gasteiger partial charge < -0.3 is 5.73 Å². The molecule has 14 heavy (non-hydrogen) atoms. The molecule has 0 aliphatic heterocycles. The smallest absolute Gasteiger partial charge is 0.0710 e. The largest absolute Gasteiger partial charge is 0.323 e. The second-order valence-corrected chi connectivity index (χ2v) is 4.69. The fourth-order valence-corrected chi connectivity index (χ4v) is 1.72. The first-order valence-electron chi connectivity index (χ1n) is 4.40. The quantitative estimate of drug-likeness (QED) is 0.880. The van der Waals surface area contributed by atoms with Crippen molar-refractivity contribution in [2.24, 2.45) is 11.1 Å². The summed E-state index contributed by atoms with van der Waals surface area (Å²) in [7, 11) is 0. The molecule has 1 unspecified atom stereocenters. The van der Waals surface area contributed by atoms with Crippen molar-refractivity contribution < 1.29 is 0 Å². The van der Waals surface area contributed by atoms with Crippen LogP contribution in [0.15, 0.2) is 28.7 Å². The first kappa shape index (κ1) is 11.2. The van der Waals surface area contributed by atoms with Gasteiger partial charge in [-0.3, -0.25) is 0 Å². The van der Waals surface area contributed by atoms with Gasteiger partial charge in [0.15, 0.2) is 0 Å². The van der Waals surface area contributed by atoms with Crippen LogP contribution in [-0.4, -0.2) is 0 Å². The van der Waals surface area contributed by atoms with Gasteiger partial charge in [-0.25, -0.2) is 0 Å². The van der Waals surface area contributed by atoms with E-state index >= 15 is 0 Å². The lowest BCUT2D eigenvalue weighted by Crippen LogP contribution is -2.28. The van der Waals surface area contributed by atoms with Gasteiger partial charge >= 0.3 is 0 Å². The summed E-state index contributed by atoms with van der Waals surface area (Å²) >= 11 is 3.43. The van der Waals surface area contributed by atoms with E-state index in [-0.39, 0.29) is 6.04 Å². The van der Waals surface area contributed by atoms with E-state index in [0.717, 1.165) is 10.0 Å². The summed E-state index contributed by atoms with van der Waals surface area (Å²) in [5.41, 5.74) is 6.45. The third-order valence-corrected chi connectivity index (χ3v) is 3.03. The molecule has 3 heteroatoms. The molecular formula is C11H13BrN2. The molecule has 0 bridgehead atoms. The lowest BCUT2D eigenvalue weighted by Gasteiger charge is -2.25. The van der Waals surface area contributed by atoms with Crippen LogP contribution in [0, 0.1) is 16.7 Å². The number of benzene rings is 1. The molecule has 2 N–H and O–H groups in total. The number of rotatable bonds is 2. The summed E-state index contributed by atoms with van der Waals surface area (Å²) in [5.74, 6) is 0. The third-order valence-electron chi connectivity index (χ3n) is 2.31. The Bertz CT molecular complexity index is 366. The fraction of sp³-hybridized carbons (Fsp3) is 0.364. The van der Waals surface area contributed by atoms with Crippen LogP contribution in [0.25, 0.3) is 0 Å². The SMILES string of the molecule is CC(C)(C#N)C(N)c1ccccc1Br. The van der Waals surface area contributed by atoms with E-state index in [1.54, 1.807) is 0 Å². The summed E-state index contributed by atoms with van der Waals surface area (Å²) in [6, 6.07) is 9.67. The topological polar surface area (TPSA) is 49.8 Å². The highest BCUT2D eigenvalue weighted by molar-refractivity contribution is 9.10. The Morgan fingerprint density at radius 3 is 2.50 bits per heavy atom. The molecule has 1 aromatic carbocycles. The van der Waals surface area contributed by atoms with Crippen LogP contribution in [0.2, 0.25) is 0 Å². The van der Waals surface area contributed by atoms with Crippen molar-refractivity contribution >= 4 is 15.9 Å². The summed E-state index contributed by atoms with van der Waals surface area (Å²) < 4.78 is 0.954. The van der Waals surface area contributed by atoms with Crippen LogP contribution in [0.3, 0.4) is 0 Å². The van der Waals surface area contributed by atoms with Crippen molar-refractivity contribution in [1.29, 1.82) is 5.26 Å². The highest BCUT2D eigenvalue weighted by atomic mass is 79.9. The Hall–Kier alpha value is -0.850. The number of nitriles is 1. The van der Waals surface area contributed by atoms with Crippen molar-refractivity contribution in [3.8, 4) is 6.07 Å². The lowest BCUT2D eigenvalue weighted by atomic mass is 9.82. The molecule has 0 aliphatic rings. The molecule has 0 saturated heterocycles. The molecule has 1 atom stereocenters. The second-order valence-electron chi connectivity index (χ2n) is 3.83. The van der Waals surface area contributed by atoms with Gasteiger partial charge in [-0.1, -0.05) is 34.1 Å². The summed E-state index contributed by atoms with van der Waals surface area (Å²) in [6.45, 7) is 3.69. The number of nitrogens with two attached hydrogens (primary N) is 1. The molecule has 0 heterocycles. The van der Waals surface area contributed by atoms with Gasteiger partial charge in [0.1, 0.15) is 0 Å².